The summed E-state index contributed by atoms with van der Waals surface area (Å²) >= 11 is 3.51. The van der Waals surface area contributed by atoms with E-state index < -0.39 is 0 Å². The SMILES string of the molecule is Cc1ccc2c(ccc3cc(Br)ccc32)c1. The molecule has 3 rings (SSSR count). The van der Waals surface area contributed by atoms with Crippen molar-refractivity contribution in [2.45, 2.75) is 6.92 Å². The summed E-state index contributed by atoms with van der Waals surface area (Å²) in [5.41, 5.74) is 1.31. The summed E-state index contributed by atoms with van der Waals surface area (Å²) in [4.78, 5) is 0. The van der Waals surface area contributed by atoms with Crippen molar-refractivity contribution >= 4 is 37.5 Å². The summed E-state index contributed by atoms with van der Waals surface area (Å²) in [6.07, 6.45) is 0. The van der Waals surface area contributed by atoms with Gasteiger partial charge in [-0.15, -0.1) is 0 Å². The fourth-order valence-electron chi connectivity index (χ4n) is 2.16. The molecule has 3 aromatic carbocycles. The Balaban J connectivity index is 2.50. The monoisotopic (exact) mass is 270 g/mol. The fourth-order valence-corrected chi connectivity index (χ4v) is 2.54. The third-order valence-corrected chi connectivity index (χ3v) is 3.45. The Morgan fingerprint density at radius 2 is 1.38 bits per heavy atom. The van der Waals surface area contributed by atoms with Crippen LogP contribution < -0.4 is 0 Å². The molecular formula is C15H11Br. The van der Waals surface area contributed by atoms with Gasteiger partial charge >= 0.3 is 0 Å². The Morgan fingerprint density at radius 3 is 2.12 bits per heavy atom. The van der Waals surface area contributed by atoms with Crippen LogP contribution >= 0.6 is 15.9 Å². The highest BCUT2D eigenvalue weighted by molar-refractivity contribution is 9.10. The van der Waals surface area contributed by atoms with E-state index in [1.54, 1.807) is 0 Å². The van der Waals surface area contributed by atoms with Gasteiger partial charge in [-0.1, -0.05) is 57.9 Å². The number of fused-ring (bicyclic) bond motifs is 3. The molecule has 0 aliphatic rings. The van der Waals surface area contributed by atoms with Gasteiger partial charge in [-0.2, -0.15) is 0 Å². The highest BCUT2D eigenvalue weighted by Gasteiger charge is 2.00. The van der Waals surface area contributed by atoms with Gasteiger partial charge in [-0.05, 0) is 40.6 Å². The van der Waals surface area contributed by atoms with E-state index in [0.29, 0.717) is 0 Å². The maximum atomic E-state index is 3.51. The van der Waals surface area contributed by atoms with Crippen LogP contribution in [-0.4, -0.2) is 0 Å². The highest BCUT2D eigenvalue weighted by Crippen LogP contribution is 2.28. The van der Waals surface area contributed by atoms with E-state index in [-0.39, 0.29) is 0 Å². The molecule has 0 amide bonds. The molecule has 0 heterocycles. The van der Waals surface area contributed by atoms with E-state index >= 15 is 0 Å². The number of rotatable bonds is 0. The Labute approximate surface area is 103 Å². The van der Waals surface area contributed by atoms with Crippen LogP contribution in [0, 0.1) is 6.92 Å². The van der Waals surface area contributed by atoms with Crippen LogP contribution in [0.2, 0.25) is 0 Å². The fraction of sp³-hybridized carbons (Fsp3) is 0.0667. The van der Waals surface area contributed by atoms with E-state index in [0.717, 1.165) is 4.47 Å². The Kier molecular flexibility index (Phi) is 2.22. The second-order valence-corrected chi connectivity index (χ2v) is 5.07. The smallest absolute Gasteiger partial charge is 0.0181 e. The van der Waals surface area contributed by atoms with Gasteiger partial charge in [0, 0.05) is 4.47 Å². The molecule has 0 aliphatic carbocycles. The lowest BCUT2D eigenvalue weighted by atomic mass is 10.0. The van der Waals surface area contributed by atoms with Gasteiger partial charge in [0.25, 0.3) is 0 Å². The number of halogens is 1. The van der Waals surface area contributed by atoms with Crippen molar-refractivity contribution in [2.75, 3.05) is 0 Å². The molecule has 0 saturated heterocycles. The van der Waals surface area contributed by atoms with Crippen LogP contribution in [0.1, 0.15) is 5.56 Å². The van der Waals surface area contributed by atoms with E-state index in [4.69, 9.17) is 0 Å². The van der Waals surface area contributed by atoms with E-state index in [9.17, 15) is 0 Å². The molecule has 0 aromatic heterocycles. The minimum absolute atomic E-state index is 1.13. The summed E-state index contributed by atoms with van der Waals surface area (Å²) in [6, 6.07) is 17.4. The van der Waals surface area contributed by atoms with Crippen molar-refractivity contribution < 1.29 is 0 Å². The molecular weight excluding hydrogens is 260 g/mol. The predicted octanol–water partition coefficient (Wildman–Crippen LogP) is 5.06. The molecule has 0 nitrogen and oxygen atoms in total. The molecule has 0 radical (unpaired) electrons. The molecule has 0 aliphatic heterocycles. The first-order valence-corrected chi connectivity index (χ1v) is 6.12. The van der Waals surface area contributed by atoms with Crippen molar-refractivity contribution in [2.24, 2.45) is 0 Å². The largest absolute Gasteiger partial charge is 0.0587 e. The lowest BCUT2D eigenvalue weighted by molar-refractivity contribution is 1.51. The van der Waals surface area contributed by atoms with Crippen molar-refractivity contribution in [1.29, 1.82) is 0 Å². The zero-order chi connectivity index (χ0) is 11.1. The van der Waals surface area contributed by atoms with Crippen LogP contribution in [0.4, 0.5) is 0 Å². The molecule has 16 heavy (non-hydrogen) atoms. The third kappa shape index (κ3) is 1.52. The van der Waals surface area contributed by atoms with Gasteiger partial charge in [-0.3, -0.25) is 0 Å². The van der Waals surface area contributed by atoms with E-state index in [1.165, 1.54) is 27.1 Å². The minimum Gasteiger partial charge on any atom is -0.0587 e. The lowest BCUT2D eigenvalue weighted by Crippen LogP contribution is -1.79. The standard InChI is InChI=1S/C15H11Br/c1-10-2-6-14-11(8-10)3-4-12-9-13(16)5-7-15(12)14/h2-9H,1H3. The normalized spacial score (nSPS) is 11.1. The first-order chi connectivity index (χ1) is 7.74. The summed E-state index contributed by atoms with van der Waals surface area (Å²) in [5.74, 6) is 0. The average Bonchev–Trinajstić information content (AvgIpc) is 2.28. The van der Waals surface area contributed by atoms with Gasteiger partial charge in [0.1, 0.15) is 0 Å². The second-order valence-electron chi connectivity index (χ2n) is 4.16. The highest BCUT2D eigenvalue weighted by atomic mass is 79.9. The second kappa shape index (κ2) is 3.60. The quantitative estimate of drug-likeness (QED) is 0.501. The number of hydrogen-bond acceptors (Lipinski definition) is 0. The molecule has 3 aromatic rings. The molecule has 0 atom stereocenters. The molecule has 0 N–H and O–H groups in total. The summed E-state index contributed by atoms with van der Waals surface area (Å²) in [6.45, 7) is 2.13. The zero-order valence-electron chi connectivity index (χ0n) is 9.00. The number of aryl methyl sites for hydroxylation is 1. The maximum Gasteiger partial charge on any atom is 0.0181 e. The molecule has 0 unspecified atom stereocenters. The van der Waals surface area contributed by atoms with Crippen molar-refractivity contribution in [1.82, 2.24) is 0 Å². The lowest BCUT2D eigenvalue weighted by Gasteiger charge is -2.05. The van der Waals surface area contributed by atoms with Gasteiger partial charge in [-0.25, -0.2) is 0 Å². The Morgan fingerprint density at radius 1 is 0.750 bits per heavy atom. The maximum absolute atomic E-state index is 3.51. The van der Waals surface area contributed by atoms with Crippen LogP contribution in [0.15, 0.2) is 53.0 Å². The van der Waals surface area contributed by atoms with Crippen LogP contribution in [0.3, 0.4) is 0 Å². The Bertz CT molecular complexity index is 623. The van der Waals surface area contributed by atoms with Gasteiger partial charge in [0.05, 0.1) is 0 Å². The summed E-state index contributed by atoms with van der Waals surface area (Å²) < 4.78 is 1.13. The minimum atomic E-state index is 1.13. The Hall–Kier alpha value is -1.34. The summed E-state index contributed by atoms with van der Waals surface area (Å²) in [5, 5.41) is 5.25. The predicted molar refractivity (Wildman–Crippen MR) is 73.9 cm³/mol. The first kappa shape index (κ1) is 9.86. The van der Waals surface area contributed by atoms with Crippen molar-refractivity contribution in [3.63, 3.8) is 0 Å². The molecule has 0 bridgehead atoms. The average molecular weight is 271 g/mol. The van der Waals surface area contributed by atoms with Gasteiger partial charge < -0.3 is 0 Å². The van der Waals surface area contributed by atoms with Gasteiger partial charge in [0.2, 0.25) is 0 Å². The molecule has 1 heteroatoms. The van der Waals surface area contributed by atoms with Crippen LogP contribution in [-0.2, 0) is 0 Å². The molecule has 78 valence electrons. The van der Waals surface area contributed by atoms with Gasteiger partial charge in [0.15, 0.2) is 0 Å². The number of benzene rings is 3. The first-order valence-electron chi connectivity index (χ1n) is 5.33. The van der Waals surface area contributed by atoms with Crippen molar-refractivity contribution in [3.8, 4) is 0 Å². The van der Waals surface area contributed by atoms with Crippen LogP contribution in [0.25, 0.3) is 21.5 Å². The topological polar surface area (TPSA) is 0 Å². The summed E-state index contributed by atoms with van der Waals surface area (Å²) in [7, 11) is 0. The number of hydrogen-bond donors (Lipinski definition) is 0. The van der Waals surface area contributed by atoms with E-state index in [1.807, 2.05) is 0 Å². The third-order valence-electron chi connectivity index (χ3n) is 2.95. The molecule has 0 saturated carbocycles. The zero-order valence-corrected chi connectivity index (χ0v) is 10.6. The molecule has 0 fully saturated rings. The van der Waals surface area contributed by atoms with E-state index in [2.05, 4.69) is 71.4 Å². The molecule has 0 spiro atoms. The van der Waals surface area contributed by atoms with Crippen LogP contribution in [0.5, 0.6) is 0 Å². The van der Waals surface area contributed by atoms with Crippen molar-refractivity contribution in [3.05, 3.63) is 58.6 Å².